The lowest BCUT2D eigenvalue weighted by Gasteiger charge is -2.35. The summed E-state index contributed by atoms with van der Waals surface area (Å²) >= 11 is 0. The average molecular weight is 773 g/mol. The minimum Gasteiger partial charge on any atom is -0.460 e. The van der Waals surface area contributed by atoms with Crippen LogP contribution in [-0.4, -0.2) is 124 Å². The van der Waals surface area contributed by atoms with Crippen molar-refractivity contribution >= 4 is 35.6 Å². The van der Waals surface area contributed by atoms with Crippen LogP contribution >= 0.6 is 0 Å². The van der Waals surface area contributed by atoms with Crippen LogP contribution in [0.4, 0.5) is 0 Å². The first-order valence-corrected chi connectivity index (χ1v) is 18.6. The number of hydrogen-bond acceptors (Lipinski definition) is 14. The van der Waals surface area contributed by atoms with Gasteiger partial charge in [-0.2, -0.15) is 0 Å². The molecule has 0 saturated heterocycles. The summed E-state index contributed by atoms with van der Waals surface area (Å²) in [6.45, 7) is 24.4. The second-order valence-corrected chi connectivity index (χ2v) is 18.8. The number of ether oxygens (including phenoxy) is 5. The number of ketones is 1. The Morgan fingerprint density at radius 1 is 0.519 bits per heavy atom. The molecule has 0 saturated carbocycles. The maximum Gasteiger partial charge on any atom is 0.320 e. The van der Waals surface area contributed by atoms with Crippen LogP contribution in [-0.2, 0) is 52.5 Å². The molecule has 54 heavy (non-hydrogen) atoms. The van der Waals surface area contributed by atoms with E-state index < -0.39 is 101 Å². The first kappa shape index (κ1) is 50.9. The molecule has 0 aliphatic rings. The third-order valence-corrected chi connectivity index (χ3v) is 6.78. The van der Waals surface area contributed by atoms with Gasteiger partial charge in [-0.25, -0.2) is 5.73 Å². The van der Waals surface area contributed by atoms with Crippen LogP contribution in [0.3, 0.4) is 0 Å². The van der Waals surface area contributed by atoms with Gasteiger partial charge in [0.2, 0.25) is 0 Å². The number of rotatable bonds is 20. The zero-order valence-corrected chi connectivity index (χ0v) is 35.6. The molecule has 0 aromatic heterocycles. The molecule has 1 radical (unpaired) electrons. The number of aliphatic hydroxyl groups excluding tert-OH is 1. The van der Waals surface area contributed by atoms with Gasteiger partial charge in [0.1, 0.15) is 40.0 Å². The van der Waals surface area contributed by atoms with E-state index in [1.54, 1.807) is 109 Å². The summed E-state index contributed by atoms with van der Waals surface area (Å²) < 4.78 is 27.8. The molecule has 0 aliphatic heterocycles. The number of esters is 5. The lowest BCUT2D eigenvalue weighted by atomic mass is 9.89. The quantitative estimate of drug-likeness (QED) is 0.135. The zero-order valence-electron chi connectivity index (χ0n) is 35.6. The van der Waals surface area contributed by atoms with Crippen molar-refractivity contribution in [1.82, 2.24) is 15.5 Å². The van der Waals surface area contributed by atoms with E-state index >= 15 is 0 Å². The molecular weight excluding hydrogens is 702 g/mol. The molecular formula is C39H70N3O12. The number of carbonyl (C=O) groups is 6. The fourth-order valence-electron chi connectivity index (χ4n) is 5.32. The number of nitrogens with one attached hydrogen (secondary N) is 1. The minimum atomic E-state index is -1.69. The van der Waals surface area contributed by atoms with Crippen molar-refractivity contribution in [2.45, 2.75) is 176 Å². The van der Waals surface area contributed by atoms with Crippen molar-refractivity contribution in [3.8, 4) is 0 Å². The second kappa shape index (κ2) is 21.2. The highest BCUT2D eigenvalue weighted by molar-refractivity contribution is 5.80. The number of carbonyl (C=O) groups excluding carboxylic acids is 6. The van der Waals surface area contributed by atoms with Gasteiger partial charge < -0.3 is 28.8 Å². The van der Waals surface area contributed by atoms with Crippen molar-refractivity contribution in [1.29, 1.82) is 0 Å². The molecule has 0 amide bonds. The first-order valence-electron chi connectivity index (χ1n) is 18.6. The van der Waals surface area contributed by atoms with Gasteiger partial charge in [0.15, 0.2) is 0 Å². The predicted octanol–water partition coefficient (Wildman–Crippen LogP) is 4.40. The summed E-state index contributed by atoms with van der Waals surface area (Å²) in [4.78, 5) is 81.8. The fraction of sp³-hybridized carbons (Fsp3) is 0.846. The molecule has 0 spiro atoms. The Morgan fingerprint density at radius 3 is 1.19 bits per heavy atom. The highest BCUT2D eigenvalue weighted by Crippen LogP contribution is 2.26. The van der Waals surface area contributed by atoms with Gasteiger partial charge in [0.25, 0.3) is 0 Å². The number of Topliss-reactive ketones (excluding diaryl/α,β-unsaturated/α-hetero) is 1. The van der Waals surface area contributed by atoms with Gasteiger partial charge in [-0.05, 0) is 129 Å². The van der Waals surface area contributed by atoms with Crippen LogP contribution in [0.5, 0.6) is 0 Å². The SMILES string of the molecule is CC(C)(C)OC(=O)CC(CCN(CC(=O)OC(C)(C)C)CC(=O)OC(C)(C)C)CC(CC(=O)CC([NH])O)N(CC(=O)OC(C)(C)C)CC(=O)OC(C)(C)C. The van der Waals surface area contributed by atoms with Crippen molar-refractivity contribution in [3.63, 3.8) is 0 Å². The van der Waals surface area contributed by atoms with Crippen LogP contribution in [0, 0.1) is 5.92 Å². The minimum absolute atomic E-state index is 0.0530. The van der Waals surface area contributed by atoms with E-state index in [4.69, 9.17) is 29.4 Å². The standard InChI is InChI=1S/C39H70N3O12/c1-35(2,3)50-30(45)19-26(16-17-41(22-31(46)51-36(4,5)6)23-32(47)52-37(7,8)9)18-27(20-28(43)21-29(40)44)42(24-33(48)53-38(10,11)12)25-34(49)54-39(13,14)15/h26-27,29,40,44H,16-25H2,1-15H3. The summed E-state index contributed by atoms with van der Waals surface area (Å²) in [6.07, 6.45) is -2.37. The largest absolute Gasteiger partial charge is 0.460 e. The molecule has 3 unspecified atom stereocenters. The van der Waals surface area contributed by atoms with E-state index in [0.717, 1.165) is 0 Å². The van der Waals surface area contributed by atoms with Gasteiger partial charge >= 0.3 is 29.8 Å². The molecule has 15 nitrogen and oxygen atoms in total. The van der Waals surface area contributed by atoms with Gasteiger partial charge in [0.05, 0.1) is 26.2 Å². The summed E-state index contributed by atoms with van der Waals surface area (Å²) in [7, 11) is 0. The molecule has 0 bridgehead atoms. The van der Waals surface area contributed by atoms with Crippen molar-refractivity contribution in [2.75, 3.05) is 32.7 Å². The van der Waals surface area contributed by atoms with E-state index in [0.29, 0.717) is 0 Å². The third-order valence-electron chi connectivity index (χ3n) is 6.78. The molecule has 0 rings (SSSR count). The molecule has 15 heteroatoms. The zero-order chi connectivity index (χ0) is 42.5. The topological polar surface area (TPSA) is 199 Å². The summed E-state index contributed by atoms with van der Waals surface area (Å²) in [5.41, 5.74) is 3.45. The Bertz CT molecular complexity index is 1190. The van der Waals surface area contributed by atoms with E-state index in [1.165, 1.54) is 4.90 Å². The molecule has 3 atom stereocenters. The predicted molar refractivity (Wildman–Crippen MR) is 202 cm³/mol. The average Bonchev–Trinajstić information content (AvgIpc) is 2.84. The maximum absolute atomic E-state index is 13.3. The van der Waals surface area contributed by atoms with Gasteiger partial charge in [0, 0.05) is 25.3 Å². The lowest BCUT2D eigenvalue weighted by molar-refractivity contribution is -0.163. The van der Waals surface area contributed by atoms with Crippen molar-refractivity contribution in [2.24, 2.45) is 5.92 Å². The van der Waals surface area contributed by atoms with Crippen LogP contribution in [0.2, 0.25) is 0 Å². The van der Waals surface area contributed by atoms with Gasteiger partial charge in [-0.15, -0.1) is 0 Å². The Labute approximate surface area is 323 Å². The van der Waals surface area contributed by atoms with Crippen LogP contribution in [0.15, 0.2) is 0 Å². The second-order valence-electron chi connectivity index (χ2n) is 18.8. The Balaban J connectivity index is 6.97. The molecule has 313 valence electrons. The fourth-order valence-corrected chi connectivity index (χ4v) is 5.32. The monoisotopic (exact) mass is 772 g/mol. The number of nitrogens with zero attached hydrogens (tertiary/aromatic N) is 2. The summed E-state index contributed by atoms with van der Waals surface area (Å²) in [5.74, 6) is -4.13. The highest BCUT2D eigenvalue weighted by Gasteiger charge is 2.34. The Morgan fingerprint density at radius 2 is 0.852 bits per heavy atom. The van der Waals surface area contributed by atoms with Crippen molar-refractivity contribution in [3.05, 3.63) is 0 Å². The highest BCUT2D eigenvalue weighted by atomic mass is 16.6. The van der Waals surface area contributed by atoms with Crippen LogP contribution in [0.1, 0.15) is 136 Å². The van der Waals surface area contributed by atoms with Crippen molar-refractivity contribution < 1.29 is 57.6 Å². The van der Waals surface area contributed by atoms with Gasteiger partial charge in [-0.3, -0.25) is 38.6 Å². The Kier molecular flexibility index (Phi) is 20.0. The first-order chi connectivity index (χ1) is 24.1. The van der Waals surface area contributed by atoms with E-state index in [-0.39, 0.29) is 45.3 Å². The Hall–Kier alpha value is -3.14. The molecule has 0 aliphatic carbocycles. The molecule has 0 heterocycles. The smallest absolute Gasteiger partial charge is 0.320 e. The van der Waals surface area contributed by atoms with Crippen LogP contribution in [0.25, 0.3) is 0 Å². The summed E-state index contributed by atoms with van der Waals surface area (Å²) in [5, 5.41) is 9.70. The van der Waals surface area contributed by atoms with Gasteiger partial charge in [-0.1, -0.05) is 0 Å². The molecule has 0 fully saturated rings. The maximum atomic E-state index is 13.3. The summed E-state index contributed by atoms with van der Waals surface area (Å²) in [6, 6.07) is -0.881. The molecule has 2 N–H and O–H groups in total. The number of hydrogen-bond donors (Lipinski definition) is 1. The lowest BCUT2D eigenvalue weighted by Crippen LogP contribution is -2.47. The van der Waals surface area contributed by atoms with E-state index in [2.05, 4.69) is 0 Å². The molecule has 0 aromatic rings. The van der Waals surface area contributed by atoms with Crippen LogP contribution < -0.4 is 5.73 Å². The van der Waals surface area contributed by atoms with E-state index in [1.807, 2.05) is 0 Å². The molecule has 0 aromatic carbocycles. The number of aliphatic hydroxyl groups is 1. The third kappa shape index (κ3) is 28.3. The van der Waals surface area contributed by atoms with E-state index in [9.17, 15) is 33.9 Å². The normalized spacial score (nSPS) is 14.6.